The van der Waals surface area contributed by atoms with Crippen LogP contribution < -0.4 is 11.1 Å². The number of hydrogen-bond donors (Lipinski definition) is 2. The van der Waals surface area contributed by atoms with E-state index in [0.717, 1.165) is 38.9 Å². The van der Waals surface area contributed by atoms with E-state index in [1.54, 1.807) is 0 Å². The molecular weight excluding hydrogens is 202 g/mol. The third-order valence-electron chi connectivity index (χ3n) is 3.79. The van der Waals surface area contributed by atoms with Crippen LogP contribution in [0.1, 0.15) is 32.1 Å². The average molecular weight is 225 g/mol. The highest BCUT2D eigenvalue weighted by atomic mass is 16.2. The number of nitrogens with zero attached hydrogens (tertiary/aromatic N) is 1. The van der Waals surface area contributed by atoms with Crippen LogP contribution in [0.15, 0.2) is 0 Å². The van der Waals surface area contributed by atoms with E-state index >= 15 is 0 Å². The summed E-state index contributed by atoms with van der Waals surface area (Å²) in [6.45, 7) is 3.34. The Morgan fingerprint density at radius 3 is 2.69 bits per heavy atom. The number of carbonyl (C=O) groups is 1. The highest BCUT2D eigenvalue weighted by molar-refractivity contribution is 5.78. The summed E-state index contributed by atoms with van der Waals surface area (Å²) in [5.41, 5.74) is 5.63. The van der Waals surface area contributed by atoms with Crippen molar-refractivity contribution in [3.8, 4) is 0 Å². The monoisotopic (exact) mass is 225 g/mol. The van der Waals surface area contributed by atoms with Crippen LogP contribution in [0.4, 0.5) is 0 Å². The third-order valence-corrected chi connectivity index (χ3v) is 3.79. The lowest BCUT2D eigenvalue weighted by molar-refractivity contribution is -0.122. The van der Waals surface area contributed by atoms with Crippen molar-refractivity contribution in [3.05, 3.63) is 0 Å². The molecule has 1 saturated heterocycles. The number of nitrogens with two attached hydrogens (primary N) is 1. The zero-order valence-corrected chi connectivity index (χ0v) is 9.95. The largest absolute Gasteiger partial charge is 0.352 e. The Morgan fingerprint density at radius 1 is 1.31 bits per heavy atom. The van der Waals surface area contributed by atoms with Crippen LogP contribution in [0, 0.1) is 5.92 Å². The fourth-order valence-corrected chi connectivity index (χ4v) is 2.80. The molecule has 0 aromatic heterocycles. The molecule has 0 bridgehead atoms. The maximum absolute atomic E-state index is 11.8. The number of hydrogen-bond acceptors (Lipinski definition) is 3. The fraction of sp³-hybridized carbons (Fsp3) is 0.917. The second kappa shape index (κ2) is 5.64. The van der Waals surface area contributed by atoms with E-state index in [1.165, 1.54) is 12.8 Å². The van der Waals surface area contributed by atoms with Crippen LogP contribution in [0.5, 0.6) is 0 Å². The maximum atomic E-state index is 11.8. The van der Waals surface area contributed by atoms with Gasteiger partial charge in [-0.25, -0.2) is 0 Å². The number of amides is 1. The molecule has 3 N–H and O–H groups in total. The summed E-state index contributed by atoms with van der Waals surface area (Å²) >= 11 is 0. The average Bonchev–Trinajstić information content (AvgIpc) is 2.89. The van der Waals surface area contributed by atoms with Gasteiger partial charge in [-0.15, -0.1) is 0 Å². The van der Waals surface area contributed by atoms with Crippen molar-refractivity contribution in [1.82, 2.24) is 10.2 Å². The van der Waals surface area contributed by atoms with Crippen molar-refractivity contribution in [3.63, 3.8) is 0 Å². The van der Waals surface area contributed by atoms with Crippen molar-refractivity contribution in [1.29, 1.82) is 0 Å². The van der Waals surface area contributed by atoms with Gasteiger partial charge in [0.05, 0.1) is 6.54 Å². The van der Waals surface area contributed by atoms with Gasteiger partial charge in [0.25, 0.3) is 0 Å². The molecule has 0 aromatic carbocycles. The quantitative estimate of drug-likeness (QED) is 0.725. The molecular formula is C12H23N3O. The molecule has 0 aromatic rings. The fourth-order valence-electron chi connectivity index (χ4n) is 2.80. The van der Waals surface area contributed by atoms with Gasteiger partial charge in [-0.1, -0.05) is 12.8 Å². The minimum atomic E-state index is 0.199. The second-order valence-electron chi connectivity index (χ2n) is 5.17. The molecule has 4 heteroatoms. The first-order chi connectivity index (χ1) is 7.78. The number of nitrogens with one attached hydrogen (secondary N) is 1. The molecule has 1 heterocycles. The number of carbonyl (C=O) groups excluding carboxylic acids is 1. The Balaban J connectivity index is 1.67. The van der Waals surface area contributed by atoms with Gasteiger partial charge < -0.3 is 11.1 Å². The zero-order chi connectivity index (χ0) is 11.4. The lowest BCUT2D eigenvalue weighted by atomic mass is 10.1. The number of likely N-dealkylation sites (tertiary alicyclic amines) is 1. The van der Waals surface area contributed by atoms with Gasteiger partial charge in [-0.05, 0) is 38.3 Å². The van der Waals surface area contributed by atoms with Gasteiger partial charge in [0.2, 0.25) is 5.91 Å². The predicted octanol–water partition coefficient (Wildman–Crippen LogP) is 0.326. The summed E-state index contributed by atoms with van der Waals surface area (Å²) in [5, 5.41) is 3.13. The van der Waals surface area contributed by atoms with E-state index in [1.807, 2.05) is 0 Å². The molecule has 0 spiro atoms. The predicted molar refractivity (Wildman–Crippen MR) is 64.0 cm³/mol. The zero-order valence-electron chi connectivity index (χ0n) is 9.95. The van der Waals surface area contributed by atoms with Crippen LogP contribution in [0.2, 0.25) is 0 Å². The van der Waals surface area contributed by atoms with E-state index in [-0.39, 0.29) is 5.91 Å². The standard InChI is InChI=1S/C12H23N3O/c13-7-10-5-6-15(8-10)9-12(16)14-11-3-1-2-4-11/h10-11H,1-9,13H2,(H,14,16). The molecule has 1 atom stereocenters. The van der Waals surface area contributed by atoms with Gasteiger partial charge in [0.1, 0.15) is 0 Å². The highest BCUT2D eigenvalue weighted by Crippen LogP contribution is 2.18. The first kappa shape index (κ1) is 11.9. The Hall–Kier alpha value is -0.610. The van der Waals surface area contributed by atoms with Crippen LogP contribution >= 0.6 is 0 Å². The van der Waals surface area contributed by atoms with Crippen molar-refractivity contribution in [2.24, 2.45) is 11.7 Å². The highest BCUT2D eigenvalue weighted by Gasteiger charge is 2.24. The van der Waals surface area contributed by atoms with Crippen LogP contribution in [-0.4, -0.2) is 43.0 Å². The molecule has 1 saturated carbocycles. The van der Waals surface area contributed by atoms with Crippen molar-refractivity contribution in [2.45, 2.75) is 38.1 Å². The van der Waals surface area contributed by atoms with Gasteiger partial charge in [-0.3, -0.25) is 9.69 Å². The Kier molecular flexibility index (Phi) is 4.18. The summed E-state index contributed by atoms with van der Waals surface area (Å²) in [6, 6.07) is 0.445. The molecule has 4 nitrogen and oxygen atoms in total. The van der Waals surface area contributed by atoms with Gasteiger partial charge >= 0.3 is 0 Å². The van der Waals surface area contributed by atoms with E-state index < -0.39 is 0 Å². The molecule has 1 amide bonds. The molecule has 16 heavy (non-hydrogen) atoms. The maximum Gasteiger partial charge on any atom is 0.234 e. The van der Waals surface area contributed by atoms with E-state index in [0.29, 0.717) is 18.5 Å². The van der Waals surface area contributed by atoms with E-state index in [4.69, 9.17) is 5.73 Å². The third kappa shape index (κ3) is 3.19. The van der Waals surface area contributed by atoms with Crippen LogP contribution in [0.25, 0.3) is 0 Å². The SMILES string of the molecule is NCC1CCN(CC(=O)NC2CCCC2)C1. The molecule has 1 aliphatic heterocycles. The van der Waals surface area contributed by atoms with E-state index in [9.17, 15) is 4.79 Å². The molecule has 0 radical (unpaired) electrons. The van der Waals surface area contributed by atoms with E-state index in [2.05, 4.69) is 10.2 Å². The lowest BCUT2D eigenvalue weighted by Gasteiger charge is -2.17. The van der Waals surface area contributed by atoms with Crippen molar-refractivity contribution >= 4 is 5.91 Å². The van der Waals surface area contributed by atoms with Gasteiger partial charge in [0, 0.05) is 12.6 Å². The summed E-state index contributed by atoms with van der Waals surface area (Å²) in [7, 11) is 0. The first-order valence-corrected chi connectivity index (χ1v) is 6.49. The van der Waals surface area contributed by atoms with Crippen molar-refractivity contribution < 1.29 is 4.79 Å². The summed E-state index contributed by atoms with van der Waals surface area (Å²) in [5.74, 6) is 0.795. The Bertz CT molecular complexity index is 238. The number of rotatable bonds is 4. The molecule has 1 unspecified atom stereocenters. The van der Waals surface area contributed by atoms with Crippen LogP contribution in [-0.2, 0) is 4.79 Å². The molecule has 2 rings (SSSR count). The molecule has 2 fully saturated rings. The smallest absolute Gasteiger partial charge is 0.234 e. The minimum Gasteiger partial charge on any atom is -0.352 e. The normalized spacial score (nSPS) is 27.4. The summed E-state index contributed by atoms with van der Waals surface area (Å²) in [4.78, 5) is 14.0. The topological polar surface area (TPSA) is 58.4 Å². The molecule has 1 aliphatic carbocycles. The summed E-state index contributed by atoms with van der Waals surface area (Å²) < 4.78 is 0. The lowest BCUT2D eigenvalue weighted by Crippen LogP contribution is -2.40. The summed E-state index contributed by atoms with van der Waals surface area (Å²) in [6.07, 6.45) is 6.01. The van der Waals surface area contributed by atoms with Crippen molar-refractivity contribution in [2.75, 3.05) is 26.2 Å². The molecule has 92 valence electrons. The Labute approximate surface area is 97.6 Å². The molecule has 2 aliphatic rings. The minimum absolute atomic E-state index is 0.199. The first-order valence-electron chi connectivity index (χ1n) is 6.49. The second-order valence-corrected chi connectivity index (χ2v) is 5.17. The van der Waals surface area contributed by atoms with Gasteiger partial charge in [-0.2, -0.15) is 0 Å². The Morgan fingerprint density at radius 2 is 2.06 bits per heavy atom. The van der Waals surface area contributed by atoms with Gasteiger partial charge in [0.15, 0.2) is 0 Å². The van der Waals surface area contributed by atoms with Crippen LogP contribution in [0.3, 0.4) is 0 Å².